The molecule has 0 aliphatic heterocycles. The molecule has 0 aromatic carbocycles. The fourth-order valence-corrected chi connectivity index (χ4v) is 2.74. The minimum atomic E-state index is 0.464. The van der Waals surface area contributed by atoms with Crippen LogP contribution in [0, 0.1) is 17.8 Å². The number of unbranched alkanes of at least 4 members (excludes halogenated alkanes) is 1. The Bertz CT molecular complexity index is 225. The molecule has 0 amide bonds. The summed E-state index contributed by atoms with van der Waals surface area (Å²) in [5.74, 6) is 2.33. The van der Waals surface area contributed by atoms with E-state index in [0.717, 1.165) is 38.6 Å². The SMILES string of the molecule is CCCCC(CC)CC(=O)CCC(CCN)C(C)C. The molecule has 0 spiro atoms. The number of rotatable bonds is 12. The molecule has 0 fully saturated rings. The molecule has 2 unspecified atom stereocenters. The van der Waals surface area contributed by atoms with Crippen LogP contribution in [0.25, 0.3) is 0 Å². The summed E-state index contributed by atoms with van der Waals surface area (Å²) in [4.78, 5) is 12.1. The van der Waals surface area contributed by atoms with Crippen molar-refractivity contribution in [3.63, 3.8) is 0 Å². The first kappa shape index (κ1) is 18.6. The summed E-state index contributed by atoms with van der Waals surface area (Å²) < 4.78 is 0. The van der Waals surface area contributed by atoms with Gasteiger partial charge in [-0.2, -0.15) is 0 Å². The van der Waals surface area contributed by atoms with E-state index in [9.17, 15) is 4.79 Å². The normalized spacial score (nSPS) is 14.6. The molecular weight excluding hydrogens is 234 g/mol. The summed E-state index contributed by atoms with van der Waals surface area (Å²) in [6.07, 6.45) is 8.48. The van der Waals surface area contributed by atoms with Crippen LogP contribution in [-0.2, 0) is 4.79 Å². The molecule has 2 heteroatoms. The van der Waals surface area contributed by atoms with Crippen molar-refractivity contribution in [2.75, 3.05) is 6.54 Å². The topological polar surface area (TPSA) is 43.1 Å². The van der Waals surface area contributed by atoms with Gasteiger partial charge in [0.25, 0.3) is 0 Å². The third kappa shape index (κ3) is 9.21. The summed E-state index contributed by atoms with van der Waals surface area (Å²) in [7, 11) is 0. The van der Waals surface area contributed by atoms with Gasteiger partial charge in [0, 0.05) is 12.8 Å². The molecule has 0 radical (unpaired) electrons. The molecule has 2 nitrogen and oxygen atoms in total. The van der Waals surface area contributed by atoms with E-state index >= 15 is 0 Å². The number of Topliss-reactive ketones (excluding diaryl/α,β-unsaturated/α-hetero) is 1. The molecule has 0 aromatic rings. The Balaban J connectivity index is 4.00. The van der Waals surface area contributed by atoms with Crippen LogP contribution >= 0.6 is 0 Å². The number of nitrogens with two attached hydrogens (primary N) is 1. The second-order valence-corrected chi connectivity index (χ2v) is 6.28. The van der Waals surface area contributed by atoms with Crippen LogP contribution < -0.4 is 5.73 Å². The Labute approximate surface area is 120 Å². The lowest BCUT2D eigenvalue weighted by molar-refractivity contribution is -0.120. The van der Waals surface area contributed by atoms with Gasteiger partial charge in [-0.1, -0.05) is 53.4 Å². The van der Waals surface area contributed by atoms with Gasteiger partial charge in [0.1, 0.15) is 5.78 Å². The Kier molecular flexibility index (Phi) is 11.2. The van der Waals surface area contributed by atoms with Crippen molar-refractivity contribution in [2.45, 2.75) is 79.1 Å². The maximum Gasteiger partial charge on any atom is 0.133 e. The minimum Gasteiger partial charge on any atom is -0.330 e. The molecule has 0 aliphatic carbocycles. The molecule has 2 N–H and O–H groups in total. The van der Waals surface area contributed by atoms with Crippen LogP contribution in [0.3, 0.4) is 0 Å². The molecular formula is C17H35NO. The molecule has 19 heavy (non-hydrogen) atoms. The van der Waals surface area contributed by atoms with E-state index in [2.05, 4.69) is 27.7 Å². The monoisotopic (exact) mass is 269 g/mol. The molecule has 0 bridgehead atoms. The number of ketones is 1. The first-order valence-electron chi connectivity index (χ1n) is 8.26. The maximum atomic E-state index is 12.1. The fraction of sp³-hybridized carbons (Fsp3) is 0.941. The van der Waals surface area contributed by atoms with Crippen molar-refractivity contribution in [3.05, 3.63) is 0 Å². The van der Waals surface area contributed by atoms with Gasteiger partial charge in [-0.3, -0.25) is 4.79 Å². The van der Waals surface area contributed by atoms with E-state index in [4.69, 9.17) is 5.73 Å². The van der Waals surface area contributed by atoms with Crippen LogP contribution in [-0.4, -0.2) is 12.3 Å². The lowest BCUT2D eigenvalue weighted by atomic mass is 9.86. The van der Waals surface area contributed by atoms with Crippen molar-refractivity contribution in [2.24, 2.45) is 23.5 Å². The largest absolute Gasteiger partial charge is 0.330 e. The number of carbonyl (C=O) groups is 1. The molecule has 0 rings (SSSR count). The number of carbonyl (C=O) groups excluding carboxylic acids is 1. The highest BCUT2D eigenvalue weighted by molar-refractivity contribution is 5.78. The maximum absolute atomic E-state index is 12.1. The number of hydrogen-bond donors (Lipinski definition) is 1. The van der Waals surface area contributed by atoms with Crippen LogP contribution in [0.2, 0.25) is 0 Å². The van der Waals surface area contributed by atoms with Crippen LogP contribution in [0.4, 0.5) is 0 Å². The highest BCUT2D eigenvalue weighted by Gasteiger charge is 2.16. The van der Waals surface area contributed by atoms with E-state index in [0.29, 0.717) is 23.5 Å². The average Bonchev–Trinajstić information content (AvgIpc) is 2.38. The molecule has 0 saturated heterocycles. The van der Waals surface area contributed by atoms with Crippen LogP contribution in [0.15, 0.2) is 0 Å². The van der Waals surface area contributed by atoms with Gasteiger partial charge >= 0.3 is 0 Å². The Morgan fingerprint density at radius 2 is 1.79 bits per heavy atom. The molecule has 0 aromatic heterocycles. The van der Waals surface area contributed by atoms with Crippen molar-refractivity contribution in [1.29, 1.82) is 0 Å². The van der Waals surface area contributed by atoms with E-state index in [1.807, 2.05) is 0 Å². The van der Waals surface area contributed by atoms with E-state index < -0.39 is 0 Å². The highest BCUT2D eigenvalue weighted by Crippen LogP contribution is 2.23. The lowest BCUT2D eigenvalue weighted by Gasteiger charge is -2.20. The Morgan fingerprint density at radius 1 is 1.11 bits per heavy atom. The second kappa shape index (κ2) is 11.5. The average molecular weight is 269 g/mol. The van der Waals surface area contributed by atoms with Gasteiger partial charge in [-0.05, 0) is 37.1 Å². The van der Waals surface area contributed by atoms with Gasteiger partial charge in [-0.15, -0.1) is 0 Å². The standard InChI is InChI=1S/C17H35NO/c1-5-7-8-15(6-2)13-17(19)10-9-16(11-12-18)14(3)4/h14-16H,5-13,18H2,1-4H3. The third-order valence-electron chi connectivity index (χ3n) is 4.33. The van der Waals surface area contributed by atoms with Crippen LogP contribution in [0.5, 0.6) is 0 Å². The zero-order chi connectivity index (χ0) is 14.7. The van der Waals surface area contributed by atoms with Crippen molar-refractivity contribution < 1.29 is 4.79 Å². The van der Waals surface area contributed by atoms with E-state index in [1.165, 1.54) is 19.3 Å². The summed E-state index contributed by atoms with van der Waals surface area (Å²) in [6.45, 7) is 9.64. The fourth-order valence-electron chi connectivity index (χ4n) is 2.74. The molecule has 114 valence electrons. The third-order valence-corrected chi connectivity index (χ3v) is 4.33. The van der Waals surface area contributed by atoms with E-state index in [-0.39, 0.29) is 0 Å². The van der Waals surface area contributed by atoms with Crippen LogP contribution in [0.1, 0.15) is 79.1 Å². The van der Waals surface area contributed by atoms with Gasteiger partial charge in [0.15, 0.2) is 0 Å². The predicted octanol–water partition coefficient (Wildman–Crippen LogP) is 4.56. The van der Waals surface area contributed by atoms with E-state index in [1.54, 1.807) is 0 Å². The van der Waals surface area contributed by atoms with Crippen molar-refractivity contribution in [3.8, 4) is 0 Å². The Morgan fingerprint density at radius 3 is 2.26 bits per heavy atom. The Hall–Kier alpha value is -0.370. The zero-order valence-corrected chi connectivity index (χ0v) is 13.6. The summed E-state index contributed by atoms with van der Waals surface area (Å²) in [5.41, 5.74) is 5.65. The number of hydrogen-bond acceptors (Lipinski definition) is 2. The first-order chi connectivity index (χ1) is 9.04. The minimum absolute atomic E-state index is 0.464. The highest BCUT2D eigenvalue weighted by atomic mass is 16.1. The van der Waals surface area contributed by atoms with Gasteiger partial charge in [0.2, 0.25) is 0 Å². The molecule has 0 saturated carbocycles. The lowest BCUT2D eigenvalue weighted by Crippen LogP contribution is -2.16. The summed E-state index contributed by atoms with van der Waals surface area (Å²) >= 11 is 0. The smallest absolute Gasteiger partial charge is 0.133 e. The predicted molar refractivity (Wildman–Crippen MR) is 84.2 cm³/mol. The molecule has 0 aliphatic rings. The summed E-state index contributed by atoms with van der Waals surface area (Å²) in [6, 6.07) is 0. The first-order valence-corrected chi connectivity index (χ1v) is 8.26. The molecule has 2 atom stereocenters. The van der Waals surface area contributed by atoms with Crippen molar-refractivity contribution >= 4 is 5.78 Å². The molecule has 0 heterocycles. The van der Waals surface area contributed by atoms with Gasteiger partial charge in [0.05, 0.1) is 0 Å². The quantitative estimate of drug-likeness (QED) is 0.564. The van der Waals surface area contributed by atoms with Crippen molar-refractivity contribution in [1.82, 2.24) is 0 Å². The zero-order valence-electron chi connectivity index (χ0n) is 13.6. The van der Waals surface area contributed by atoms with Gasteiger partial charge < -0.3 is 5.73 Å². The van der Waals surface area contributed by atoms with Gasteiger partial charge in [-0.25, -0.2) is 0 Å². The summed E-state index contributed by atoms with van der Waals surface area (Å²) in [5, 5.41) is 0. The second-order valence-electron chi connectivity index (χ2n) is 6.28.